The molecular formula is C14H24N2O. The molecule has 0 aromatic rings. The lowest BCUT2D eigenvalue weighted by atomic mass is 9.88. The topological polar surface area (TPSA) is 23.6 Å². The number of ketones is 1. The molecule has 3 fully saturated rings. The minimum atomic E-state index is 0.488. The Morgan fingerprint density at radius 3 is 2.71 bits per heavy atom. The Labute approximate surface area is 104 Å². The smallest absolute Gasteiger partial charge is 0.132 e. The van der Waals surface area contributed by atoms with Crippen molar-refractivity contribution >= 4 is 5.78 Å². The molecule has 1 unspecified atom stereocenters. The Kier molecular flexibility index (Phi) is 3.48. The van der Waals surface area contributed by atoms with Gasteiger partial charge in [-0.3, -0.25) is 9.69 Å². The largest absolute Gasteiger partial charge is 0.300 e. The summed E-state index contributed by atoms with van der Waals surface area (Å²) in [6.45, 7) is 6.38. The van der Waals surface area contributed by atoms with Crippen LogP contribution >= 0.6 is 0 Å². The van der Waals surface area contributed by atoms with Crippen molar-refractivity contribution in [1.82, 2.24) is 9.80 Å². The first-order valence-electron chi connectivity index (χ1n) is 7.29. The first-order valence-corrected chi connectivity index (χ1v) is 7.29. The SMILES string of the molecule is O=C1CCC(CN2CCN3CCCC3C2)CC1. The van der Waals surface area contributed by atoms with E-state index in [4.69, 9.17) is 0 Å². The minimum absolute atomic E-state index is 0.488. The number of hydrogen-bond acceptors (Lipinski definition) is 3. The summed E-state index contributed by atoms with van der Waals surface area (Å²) in [5, 5.41) is 0. The Bertz CT molecular complexity index is 282. The minimum Gasteiger partial charge on any atom is -0.300 e. The number of fused-ring (bicyclic) bond motifs is 1. The molecule has 3 aliphatic rings. The average Bonchev–Trinajstić information content (AvgIpc) is 2.79. The summed E-state index contributed by atoms with van der Waals surface area (Å²) in [5.41, 5.74) is 0. The summed E-state index contributed by atoms with van der Waals surface area (Å²) >= 11 is 0. The Balaban J connectivity index is 1.47. The molecular weight excluding hydrogens is 212 g/mol. The molecule has 3 rings (SSSR count). The first kappa shape index (κ1) is 11.7. The van der Waals surface area contributed by atoms with Crippen molar-refractivity contribution in [3.63, 3.8) is 0 Å². The molecule has 0 aromatic carbocycles. The van der Waals surface area contributed by atoms with Crippen molar-refractivity contribution in [3.8, 4) is 0 Å². The maximum atomic E-state index is 11.2. The molecule has 1 aliphatic carbocycles. The molecule has 0 N–H and O–H groups in total. The van der Waals surface area contributed by atoms with Crippen LogP contribution in [0.4, 0.5) is 0 Å². The number of hydrogen-bond donors (Lipinski definition) is 0. The molecule has 2 saturated heterocycles. The molecule has 3 nitrogen and oxygen atoms in total. The summed E-state index contributed by atoms with van der Waals surface area (Å²) in [6.07, 6.45) is 6.77. The van der Waals surface area contributed by atoms with Crippen molar-refractivity contribution in [3.05, 3.63) is 0 Å². The number of rotatable bonds is 2. The molecule has 0 bridgehead atoms. The third-order valence-electron chi connectivity index (χ3n) is 4.85. The van der Waals surface area contributed by atoms with Gasteiger partial charge in [-0.1, -0.05) is 0 Å². The fraction of sp³-hybridized carbons (Fsp3) is 0.929. The second kappa shape index (κ2) is 5.07. The normalized spacial score (nSPS) is 32.9. The average molecular weight is 236 g/mol. The predicted molar refractivity (Wildman–Crippen MR) is 68.0 cm³/mol. The quantitative estimate of drug-likeness (QED) is 0.726. The molecule has 2 heterocycles. The Hall–Kier alpha value is -0.410. The molecule has 1 saturated carbocycles. The number of piperazine rings is 1. The second-order valence-corrected chi connectivity index (χ2v) is 6.07. The molecule has 0 amide bonds. The van der Waals surface area contributed by atoms with Crippen LogP contribution in [0.15, 0.2) is 0 Å². The van der Waals surface area contributed by atoms with E-state index in [0.29, 0.717) is 5.78 Å². The molecule has 1 atom stereocenters. The number of Topliss-reactive ketones (excluding diaryl/α,β-unsaturated/α-hetero) is 1. The summed E-state index contributed by atoms with van der Waals surface area (Å²) in [7, 11) is 0. The van der Waals surface area contributed by atoms with Crippen LogP contribution in [0.2, 0.25) is 0 Å². The van der Waals surface area contributed by atoms with Gasteiger partial charge in [-0.25, -0.2) is 0 Å². The number of carbonyl (C=O) groups excluding carboxylic acids is 1. The molecule has 0 radical (unpaired) electrons. The van der Waals surface area contributed by atoms with Gasteiger partial charge in [0.25, 0.3) is 0 Å². The van der Waals surface area contributed by atoms with Gasteiger partial charge in [-0.2, -0.15) is 0 Å². The fourth-order valence-corrected chi connectivity index (χ4v) is 3.77. The molecule has 2 aliphatic heterocycles. The lowest BCUT2D eigenvalue weighted by molar-refractivity contribution is -0.121. The highest BCUT2D eigenvalue weighted by Gasteiger charge is 2.31. The van der Waals surface area contributed by atoms with E-state index in [2.05, 4.69) is 9.80 Å². The van der Waals surface area contributed by atoms with Crippen LogP contribution in [-0.2, 0) is 4.79 Å². The van der Waals surface area contributed by atoms with E-state index in [9.17, 15) is 4.79 Å². The van der Waals surface area contributed by atoms with Crippen molar-refractivity contribution in [2.24, 2.45) is 5.92 Å². The lowest BCUT2D eigenvalue weighted by Gasteiger charge is -2.39. The maximum Gasteiger partial charge on any atom is 0.132 e. The van der Waals surface area contributed by atoms with Gasteiger partial charge in [0.15, 0.2) is 0 Å². The molecule has 96 valence electrons. The van der Waals surface area contributed by atoms with E-state index in [0.717, 1.165) is 37.6 Å². The van der Waals surface area contributed by atoms with Gasteiger partial charge in [-0.05, 0) is 38.1 Å². The van der Waals surface area contributed by atoms with Crippen molar-refractivity contribution in [1.29, 1.82) is 0 Å². The predicted octanol–water partition coefficient (Wildman–Crippen LogP) is 1.53. The Morgan fingerprint density at radius 1 is 1.06 bits per heavy atom. The highest BCUT2D eigenvalue weighted by molar-refractivity contribution is 5.79. The van der Waals surface area contributed by atoms with Crippen LogP contribution in [0.5, 0.6) is 0 Å². The van der Waals surface area contributed by atoms with Gasteiger partial charge in [0.05, 0.1) is 0 Å². The zero-order valence-electron chi connectivity index (χ0n) is 10.7. The Morgan fingerprint density at radius 2 is 1.88 bits per heavy atom. The maximum absolute atomic E-state index is 11.2. The van der Waals surface area contributed by atoms with Crippen LogP contribution in [0.25, 0.3) is 0 Å². The zero-order valence-corrected chi connectivity index (χ0v) is 10.7. The lowest BCUT2D eigenvalue weighted by Crippen LogP contribution is -2.51. The molecule has 17 heavy (non-hydrogen) atoms. The monoisotopic (exact) mass is 236 g/mol. The van der Waals surface area contributed by atoms with Crippen LogP contribution in [-0.4, -0.2) is 54.3 Å². The van der Waals surface area contributed by atoms with E-state index in [1.54, 1.807) is 0 Å². The fourth-order valence-electron chi connectivity index (χ4n) is 3.77. The van der Waals surface area contributed by atoms with E-state index >= 15 is 0 Å². The van der Waals surface area contributed by atoms with Crippen LogP contribution in [0.1, 0.15) is 38.5 Å². The van der Waals surface area contributed by atoms with Crippen molar-refractivity contribution < 1.29 is 4.79 Å². The summed E-state index contributed by atoms with van der Waals surface area (Å²) < 4.78 is 0. The molecule has 0 aromatic heterocycles. The van der Waals surface area contributed by atoms with Gasteiger partial charge in [0.2, 0.25) is 0 Å². The van der Waals surface area contributed by atoms with Gasteiger partial charge >= 0.3 is 0 Å². The van der Waals surface area contributed by atoms with E-state index in [1.807, 2.05) is 0 Å². The standard InChI is InChI=1S/C14H24N2O/c17-14-5-3-12(4-6-14)10-15-8-9-16-7-1-2-13(16)11-15/h12-13H,1-11H2. The highest BCUT2D eigenvalue weighted by Crippen LogP contribution is 2.26. The van der Waals surface area contributed by atoms with Gasteiger partial charge in [-0.15, -0.1) is 0 Å². The third-order valence-corrected chi connectivity index (χ3v) is 4.85. The van der Waals surface area contributed by atoms with Crippen molar-refractivity contribution in [2.45, 2.75) is 44.6 Å². The number of carbonyl (C=O) groups is 1. The van der Waals surface area contributed by atoms with E-state index in [1.165, 1.54) is 45.6 Å². The number of nitrogens with zero attached hydrogens (tertiary/aromatic N) is 2. The van der Waals surface area contributed by atoms with Crippen molar-refractivity contribution in [2.75, 3.05) is 32.7 Å². The molecule has 0 spiro atoms. The second-order valence-electron chi connectivity index (χ2n) is 6.07. The van der Waals surface area contributed by atoms with Crippen LogP contribution < -0.4 is 0 Å². The van der Waals surface area contributed by atoms with E-state index < -0.39 is 0 Å². The van der Waals surface area contributed by atoms with Gasteiger partial charge in [0.1, 0.15) is 5.78 Å². The summed E-state index contributed by atoms with van der Waals surface area (Å²) in [6, 6.07) is 0.842. The molecule has 3 heteroatoms. The highest BCUT2D eigenvalue weighted by atomic mass is 16.1. The third kappa shape index (κ3) is 2.71. The first-order chi connectivity index (χ1) is 8.31. The zero-order chi connectivity index (χ0) is 11.7. The summed E-state index contributed by atoms with van der Waals surface area (Å²) in [5.74, 6) is 1.28. The van der Waals surface area contributed by atoms with Crippen LogP contribution in [0.3, 0.4) is 0 Å². The van der Waals surface area contributed by atoms with E-state index in [-0.39, 0.29) is 0 Å². The summed E-state index contributed by atoms with van der Waals surface area (Å²) in [4.78, 5) is 16.6. The van der Waals surface area contributed by atoms with Gasteiger partial charge < -0.3 is 4.90 Å². The van der Waals surface area contributed by atoms with Gasteiger partial charge in [0, 0.05) is 45.1 Å². The van der Waals surface area contributed by atoms with Crippen LogP contribution in [0, 0.1) is 5.92 Å².